The van der Waals surface area contributed by atoms with E-state index in [-0.39, 0.29) is 23.9 Å². The summed E-state index contributed by atoms with van der Waals surface area (Å²) in [5.74, 6) is 0.692. The Morgan fingerprint density at radius 2 is 1.90 bits per heavy atom. The number of benzene rings is 1. The first-order valence-corrected chi connectivity index (χ1v) is 7.80. The number of rotatable bonds is 6. The quantitative estimate of drug-likeness (QED) is 0.871. The molecule has 0 unspecified atom stereocenters. The van der Waals surface area contributed by atoms with Crippen molar-refractivity contribution in [3.05, 3.63) is 48.7 Å². The van der Waals surface area contributed by atoms with E-state index in [9.17, 15) is 8.42 Å². The summed E-state index contributed by atoms with van der Waals surface area (Å²) in [4.78, 5) is 3.80. The largest absolute Gasteiger partial charge is 0.492 e. The number of likely N-dealkylation sites (N-methyl/N-ethyl adjacent to an activating group) is 1. The Hall–Kier alpha value is -2.12. The molecule has 0 radical (unpaired) electrons. The van der Waals surface area contributed by atoms with Gasteiger partial charge in [-0.3, -0.25) is 0 Å². The minimum Gasteiger partial charge on any atom is -0.492 e. The number of ether oxygens (including phenoxy) is 1. The van der Waals surface area contributed by atoms with Crippen molar-refractivity contribution in [1.29, 1.82) is 0 Å². The van der Waals surface area contributed by atoms with E-state index in [2.05, 4.69) is 4.98 Å². The van der Waals surface area contributed by atoms with Gasteiger partial charge in [0.25, 0.3) is 0 Å². The van der Waals surface area contributed by atoms with E-state index in [1.807, 2.05) is 30.3 Å². The Morgan fingerprint density at radius 3 is 2.57 bits per heavy atom. The molecule has 6 nitrogen and oxygen atoms in total. The molecule has 1 aromatic heterocycles. The summed E-state index contributed by atoms with van der Waals surface area (Å²) in [5.41, 5.74) is 5.62. The van der Waals surface area contributed by atoms with Crippen LogP contribution in [-0.2, 0) is 10.0 Å². The second-order valence-corrected chi connectivity index (χ2v) is 6.39. The average molecular weight is 307 g/mol. The van der Waals surface area contributed by atoms with Gasteiger partial charge >= 0.3 is 0 Å². The fourth-order valence-electron chi connectivity index (χ4n) is 1.72. The molecule has 0 amide bonds. The SMILES string of the molecule is CN(CCOc1ccccc1)S(=O)(=O)c1cccnc1N. The molecule has 0 saturated carbocycles. The standard InChI is InChI=1S/C14H17N3O3S/c1-17(10-11-20-12-6-3-2-4-7-12)21(18,19)13-8-5-9-16-14(13)15/h2-9H,10-11H2,1H3,(H2,15,16). The van der Waals surface area contributed by atoms with Gasteiger partial charge in [-0.2, -0.15) is 4.31 Å². The highest BCUT2D eigenvalue weighted by molar-refractivity contribution is 7.89. The van der Waals surface area contributed by atoms with E-state index >= 15 is 0 Å². The van der Waals surface area contributed by atoms with Crippen LogP contribution in [0.5, 0.6) is 5.75 Å². The van der Waals surface area contributed by atoms with Crippen molar-refractivity contribution >= 4 is 15.8 Å². The Morgan fingerprint density at radius 1 is 1.19 bits per heavy atom. The molecule has 1 aromatic carbocycles. The Bertz CT molecular complexity index is 690. The van der Waals surface area contributed by atoms with Crippen LogP contribution in [0.4, 0.5) is 5.82 Å². The van der Waals surface area contributed by atoms with E-state index in [4.69, 9.17) is 10.5 Å². The Labute approximate surface area is 124 Å². The zero-order valence-corrected chi connectivity index (χ0v) is 12.5. The average Bonchev–Trinajstić information content (AvgIpc) is 2.48. The molecule has 2 aromatic rings. The summed E-state index contributed by atoms with van der Waals surface area (Å²) in [6.07, 6.45) is 1.45. The first-order valence-electron chi connectivity index (χ1n) is 6.36. The monoisotopic (exact) mass is 307 g/mol. The summed E-state index contributed by atoms with van der Waals surface area (Å²) in [6.45, 7) is 0.464. The van der Waals surface area contributed by atoms with Gasteiger partial charge in [0.2, 0.25) is 10.0 Å². The van der Waals surface area contributed by atoms with E-state index in [1.165, 1.54) is 29.7 Å². The Kier molecular flexibility index (Phi) is 4.77. The molecule has 0 aliphatic heterocycles. The summed E-state index contributed by atoms with van der Waals surface area (Å²) >= 11 is 0. The maximum absolute atomic E-state index is 12.3. The van der Waals surface area contributed by atoms with Gasteiger partial charge in [-0.15, -0.1) is 0 Å². The zero-order valence-electron chi connectivity index (χ0n) is 11.6. The predicted octanol–water partition coefficient (Wildman–Crippen LogP) is 1.36. The molecule has 7 heteroatoms. The number of anilines is 1. The molecule has 1 heterocycles. The molecule has 2 N–H and O–H groups in total. The highest BCUT2D eigenvalue weighted by atomic mass is 32.2. The summed E-state index contributed by atoms with van der Waals surface area (Å²) in [5, 5.41) is 0. The van der Waals surface area contributed by atoms with Crippen LogP contribution in [0.15, 0.2) is 53.6 Å². The number of nitrogens with two attached hydrogens (primary N) is 1. The number of pyridine rings is 1. The zero-order chi connectivity index (χ0) is 15.3. The highest BCUT2D eigenvalue weighted by Crippen LogP contribution is 2.18. The van der Waals surface area contributed by atoms with Crippen LogP contribution in [0.3, 0.4) is 0 Å². The second-order valence-electron chi connectivity index (χ2n) is 4.37. The lowest BCUT2D eigenvalue weighted by molar-refractivity contribution is 0.287. The number of sulfonamides is 1. The molecule has 0 atom stereocenters. The van der Waals surface area contributed by atoms with Crippen LogP contribution in [0.25, 0.3) is 0 Å². The lowest BCUT2D eigenvalue weighted by Crippen LogP contribution is -2.31. The maximum atomic E-state index is 12.3. The van der Waals surface area contributed by atoms with Gasteiger partial charge in [0.1, 0.15) is 23.1 Å². The number of aromatic nitrogens is 1. The molecular formula is C14H17N3O3S. The van der Waals surface area contributed by atoms with E-state index in [0.717, 1.165) is 0 Å². The summed E-state index contributed by atoms with van der Waals surface area (Å²) < 4.78 is 31.4. The second kappa shape index (κ2) is 6.55. The predicted molar refractivity (Wildman–Crippen MR) is 80.4 cm³/mol. The number of nitrogen functional groups attached to an aromatic ring is 1. The van der Waals surface area contributed by atoms with Gasteiger partial charge in [0, 0.05) is 19.8 Å². The van der Waals surface area contributed by atoms with Crippen LogP contribution >= 0.6 is 0 Å². The molecule has 0 fully saturated rings. The van der Waals surface area contributed by atoms with Crippen LogP contribution < -0.4 is 10.5 Å². The first-order chi connectivity index (χ1) is 10.0. The third kappa shape index (κ3) is 3.71. The molecule has 2 rings (SSSR count). The molecule has 0 saturated heterocycles. The van der Waals surface area contributed by atoms with Gasteiger partial charge in [0.15, 0.2) is 0 Å². The van der Waals surface area contributed by atoms with Gasteiger partial charge < -0.3 is 10.5 Å². The van der Waals surface area contributed by atoms with Crippen molar-refractivity contribution in [3.8, 4) is 5.75 Å². The lowest BCUT2D eigenvalue weighted by Gasteiger charge is -2.18. The fraction of sp³-hybridized carbons (Fsp3) is 0.214. The number of hydrogen-bond donors (Lipinski definition) is 1. The van der Waals surface area contributed by atoms with Crippen molar-refractivity contribution in [2.24, 2.45) is 0 Å². The van der Waals surface area contributed by atoms with E-state index < -0.39 is 10.0 Å². The Balaban J connectivity index is 2.00. The van der Waals surface area contributed by atoms with Gasteiger partial charge in [-0.05, 0) is 24.3 Å². The van der Waals surface area contributed by atoms with Crippen LogP contribution in [0, 0.1) is 0 Å². The van der Waals surface area contributed by atoms with Gasteiger partial charge in [0.05, 0.1) is 0 Å². The van der Waals surface area contributed by atoms with Gasteiger partial charge in [-0.1, -0.05) is 18.2 Å². The van der Waals surface area contributed by atoms with Crippen molar-refractivity contribution in [1.82, 2.24) is 9.29 Å². The van der Waals surface area contributed by atoms with Gasteiger partial charge in [-0.25, -0.2) is 13.4 Å². The van der Waals surface area contributed by atoms with Crippen LogP contribution in [0.2, 0.25) is 0 Å². The van der Waals surface area contributed by atoms with E-state index in [0.29, 0.717) is 5.75 Å². The number of para-hydroxylation sites is 1. The minimum atomic E-state index is -3.66. The van der Waals surface area contributed by atoms with Crippen molar-refractivity contribution < 1.29 is 13.2 Å². The topological polar surface area (TPSA) is 85.5 Å². The smallest absolute Gasteiger partial charge is 0.246 e. The normalized spacial score (nSPS) is 11.5. The summed E-state index contributed by atoms with van der Waals surface area (Å²) in [7, 11) is -2.18. The third-order valence-corrected chi connectivity index (χ3v) is 4.81. The highest BCUT2D eigenvalue weighted by Gasteiger charge is 2.23. The molecule has 112 valence electrons. The fourth-order valence-corrected chi connectivity index (χ4v) is 2.94. The van der Waals surface area contributed by atoms with Crippen molar-refractivity contribution in [3.63, 3.8) is 0 Å². The molecule has 21 heavy (non-hydrogen) atoms. The van der Waals surface area contributed by atoms with Crippen LogP contribution in [0.1, 0.15) is 0 Å². The molecule has 0 bridgehead atoms. The molecule has 0 aliphatic rings. The minimum absolute atomic E-state index is 0.00618. The van der Waals surface area contributed by atoms with Crippen LogP contribution in [-0.4, -0.2) is 37.9 Å². The van der Waals surface area contributed by atoms with E-state index in [1.54, 1.807) is 0 Å². The number of nitrogens with zero attached hydrogens (tertiary/aromatic N) is 2. The first kappa shape index (κ1) is 15.3. The molecule has 0 aliphatic carbocycles. The maximum Gasteiger partial charge on any atom is 0.246 e. The van der Waals surface area contributed by atoms with Crippen molar-refractivity contribution in [2.75, 3.05) is 25.9 Å². The van der Waals surface area contributed by atoms with Crippen molar-refractivity contribution in [2.45, 2.75) is 4.90 Å². The molecular weight excluding hydrogens is 290 g/mol. The molecule has 0 spiro atoms. The number of hydrogen-bond acceptors (Lipinski definition) is 5. The summed E-state index contributed by atoms with van der Waals surface area (Å²) in [6, 6.07) is 12.2. The third-order valence-electron chi connectivity index (χ3n) is 2.91. The lowest BCUT2D eigenvalue weighted by atomic mass is 10.3.